The van der Waals surface area contributed by atoms with Gasteiger partial charge in [-0.2, -0.15) is 0 Å². The molecule has 0 unspecified atom stereocenters. The van der Waals surface area contributed by atoms with Gasteiger partial charge in [0.1, 0.15) is 6.61 Å². The van der Waals surface area contributed by atoms with E-state index < -0.39 is 24.4 Å². The number of rotatable bonds is 8. The van der Waals surface area contributed by atoms with Crippen LogP contribution in [0.5, 0.6) is 0 Å². The van der Waals surface area contributed by atoms with Crippen molar-refractivity contribution in [2.75, 3.05) is 18.9 Å². The summed E-state index contributed by atoms with van der Waals surface area (Å²) in [7, 11) is -0.577. The van der Waals surface area contributed by atoms with Crippen molar-refractivity contribution >= 4 is 31.0 Å². The average molecular weight is 542 g/mol. The minimum atomic E-state index is -0.577. The fraction of sp³-hybridized carbons (Fsp3) is 0.344. The molecule has 5 rings (SSSR count). The predicted molar refractivity (Wildman–Crippen MR) is 160 cm³/mol. The van der Waals surface area contributed by atoms with Crippen molar-refractivity contribution in [2.24, 2.45) is 0 Å². The molecule has 0 radical (unpaired) electrons. The predicted octanol–water partition coefficient (Wildman–Crippen LogP) is 7.35. The second-order valence-corrected chi connectivity index (χ2v) is 12.3. The van der Waals surface area contributed by atoms with Crippen LogP contribution in [0.25, 0.3) is 17.2 Å². The fourth-order valence-corrected chi connectivity index (χ4v) is 5.82. The van der Waals surface area contributed by atoms with Crippen LogP contribution in [0, 0.1) is 0 Å². The molecule has 0 saturated carbocycles. The van der Waals surface area contributed by atoms with Gasteiger partial charge in [0.25, 0.3) is 0 Å². The van der Waals surface area contributed by atoms with E-state index >= 15 is 0 Å². The van der Waals surface area contributed by atoms with Gasteiger partial charge in [-0.05, 0) is 78.9 Å². The highest BCUT2D eigenvalue weighted by atomic mass is 32.2. The third-order valence-corrected chi connectivity index (χ3v) is 8.73. The van der Waals surface area contributed by atoms with Crippen LogP contribution < -0.4 is 5.32 Å². The van der Waals surface area contributed by atoms with Crippen molar-refractivity contribution in [1.29, 1.82) is 0 Å². The van der Waals surface area contributed by atoms with Crippen LogP contribution in [0.1, 0.15) is 57.2 Å². The van der Waals surface area contributed by atoms with Gasteiger partial charge in [0.15, 0.2) is 0 Å². The van der Waals surface area contributed by atoms with E-state index in [1.165, 1.54) is 27.1 Å². The van der Waals surface area contributed by atoms with Crippen LogP contribution in [0.15, 0.2) is 83.2 Å². The molecule has 5 nitrogen and oxygen atoms in total. The molecule has 39 heavy (non-hydrogen) atoms. The highest BCUT2D eigenvalue weighted by molar-refractivity contribution is 7.99. The number of thioether (sulfide) groups is 1. The molecule has 0 atom stereocenters. The van der Waals surface area contributed by atoms with E-state index in [4.69, 9.17) is 14.0 Å². The summed E-state index contributed by atoms with van der Waals surface area (Å²) in [5, 5.41) is 2.95. The maximum atomic E-state index is 12.9. The summed E-state index contributed by atoms with van der Waals surface area (Å²) in [6, 6.07) is 25.0. The monoisotopic (exact) mass is 541 g/mol. The minimum Gasteiger partial charge on any atom is -0.449 e. The number of alkyl carbamates (subject to hydrolysis) is 1. The molecule has 1 saturated heterocycles. The molecule has 3 aromatic rings. The molecule has 1 N–H and O–H groups in total. The highest BCUT2D eigenvalue weighted by Crippen LogP contribution is 2.44. The number of carbonyl (C=O) groups excluding carboxylic acids is 1. The Bertz CT molecular complexity index is 1320. The van der Waals surface area contributed by atoms with Crippen LogP contribution in [-0.4, -0.2) is 43.3 Å². The smallest absolute Gasteiger partial charge is 0.449 e. The Morgan fingerprint density at radius 3 is 2.18 bits per heavy atom. The lowest BCUT2D eigenvalue weighted by Crippen LogP contribution is -2.41. The first-order valence-electron chi connectivity index (χ1n) is 13.6. The van der Waals surface area contributed by atoms with E-state index in [1.807, 2.05) is 64.1 Å². The molecule has 202 valence electrons. The molecular weight excluding hydrogens is 505 g/mol. The zero-order valence-corrected chi connectivity index (χ0v) is 24.1. The first-order chi connectivity index (χ1) is 18.7. The average Bonchev–Trinajstić information content (AvgIpc) is 3.34. The third kappa shape index (κ3) is 5.81. The zero-order chi connectivity index (χ0) is 27.6. The van der Waals surface area contributed by atoms with Crippen molar-refractivity contribution in [3.05, 3.63) is 95.0 Å². The molecule has 0 bridgehead atoms. The molecule has 1 aliphatic heterocycles. The summed E-state index contributed by atoms with van der Waals surface area (Å²) >= 11 is 1.79. The summed E-state index contributed by atoms with van der Waals surface area (Å²) in [4.78, 5) is 14.1. The van der Waals surface area contributed by atoms with Crippen LogP contribution in [-0.2, 0) is 14.0 Å². The van der Waals surface area contributed by atoms with E-state index in [2.05, 4.69) is 54.7 Å². The molecule has 1 amide bonds. The number of amides is 1. The van der Waals surface area contributed by atoms with Crippen LogP contribution >= 0.6 is 11.8 Å². The largest absolute Gasteiger partial charge is 0.492 e. The lowest BCUT2D eigenvalue weighted by Gasteiger charge is -2.32. The summed E-state index contributed by atoms with van der Waals surface area (Å²) in [6.45, 7) is 10.8. The second kappa shape index (κ2) is 11.2. The van der Waals surface area contributed by atoms with Crippen molar-refractivity contribution in [3.8, 4) is 11.1 Å². The van der Waals surface area contributed by atoms with Gasteiger partial charge in [0.05, 0.1) is 11.2 Å². The van der Waals surface area contributed by atoms with Crippen LogP contribution in [0.3, 0.4) is 0 Å². The number of carbonyl (C=O) groups is 1. The van der Waals surface area contributed by atoms with E-state index in [0.717, 1.165) is 16.8 Å². The summed E-state index contributed by atoms with van der Waals surface area (Å²) < 4.78 is 18.5. The van der Waals surface area contributed by atoms with Gasteiger partial charge in [-0.1, -0.05) is 73.7 Å². The third-order valence-electron chi connectivity index (χ3n) is 7.86. The van der Waals surface area contributed by atoms with Crippen molar-refractivity contribution < 1.29 is 18.8 Å². The Labute approximate surface area is 236 Å². The van der Waals surface area contributed by atoms with E-state index in [1.54, 1.807) is 11.8 Å². The van der Waals surface area contributed by atoms with Gasteiger partial charge in [0, 0.05) is 17.4 Å². The number of benzene rings is 3. The lowest BCUT2D eigenvalue weighted by molar-refractivity contribution is 0.00578. The molecule has 7 heteroatoms. The Morgan fingerprint density at radius 2 is 1.56 bits per heavy atom. The molecule has 1 aliphatic carbocycles. The molecular formula is C32H36BNO4S. The summed E-state index contributed by atoms with van der Waals surface area (Å²) in [6.07, 6.45) is 1.58. The number of hydrogen-bond acceptors (Lipinski definition) is 5. The number of fused-ring (bicyclic) bond motifs is 3. The van der Waals surface area contributed by atoms with Crippen molar-refractivity contribution in [1.82, 2.24) is 5.32 Å². The van der Waals surface area contributed by atoms with Gasteiger partial charge in [-0.15, -0.1) is 11.8 Å². The molecule has 1 heterocycles. The second-order valence-electron chi connectivity index (χ2n) is 11.0. The van der Waals surface area contributed by atoms with Gasteiger partial charge in [-0.3, -0.25) is 0 Å². The van der Waals surface area contributed by atoms with Gasteiger partial charge in [0.2, 0.25) is 0 Å². The van der Waals surface area contributed by atoms with Crippen molar-refractivity contribution in [2.45, 2.75) is 56.6 Å². The Balaban J connectivity index is 1.30. The highest BCUT2D eigenvalue weighted by Gasteiger charge is 2.52. The number of hydrogen-bond donors (Lipinski definition) is 1. The van der Waals surface area contributed by atoms with E-state index in [-0.39, 0.29) is 19.1 Å². The Hall–Kier alpha value is -3.00. The van der Waals surface area contributed by atoms with Gasteiger partial charge < -0.3 is 19.4 Å². The molecule has 2 aliphatic rings. The Kier molecular flexibility index (Phi) is 7.95. The lowest BCUT2D eigenvalue weighted by atomic mass is 9.77. The molecule has 1 fully saturated rings. The van der Waals surface area contributed by atoms with Crippen LogP contribution in [0.2, 0.25) is 0 Å². The standard InChI is InChI=1S/C32H36BNO4S/c1-6-39-24-13-11-12-22(19-24)18-23(33-37-31(2,3)32(4,5)38-33)20-34-30(35)36-21-29-27-16-9-7-14-25(27)26-15-8-10-17-28(26)29/h7-19,29H,6,20-21H2,1-5H3,(H,34,35). The summed E-state index contributed by atoms with van der Waals surface area (Å²) in [5.41, 5.74) is 5.69. The summed E-state index contributed by atoms with van der Waals surface area (Å²) in [5.74, 6) is 1.01. The van der Waals surface area contributed by atoms with Gasteiger partial charge >= 0.3 is 13.2 Å². The maximum absolute atomic E-state index is 12.9. The normalized spacial score (nSPS) is 17.6. The van der Waals surface area contributed by atoms with Gasteiger partial charge in [-0.25, -0.2) is 4.79 Å². The molecule has 3 aromatic carbocycles. The van der Waals surface area contributed by atoms with Crippen molar-refractivity contribution in [3.63, 3.8) is 0 Å². The zero-order valence-electron chi connectivity index (χ0n) is 23.3. The minimum absolute atomic E-state index is 0.0139. The van der Waals surface area contributed by atoms with Crippen LogP contribution in [0.4, 0.5) is 4.79 Å². The fourth-order valence-electron chi connectivity index (χ4n) is 5.10. The van der Waals surface area contributed by atoms with E-state index in [9.17, 15) is 4.79 Å². The number of ether oxygens (including phenoxy) is 1. The van der Waals surface area contributed by atoms with E-state index in [0.29, 0.717) is 0 Å². The Morgan fingerprint density at radius 1 is 0.949 bits per heavy atom. The first-order valence-corrected chi connectivity index (χ1v) is 14.5. The quantitative estimate of drug-likeness (QED) is 0.239. The molecule has 0 spiro atoms. The number of nitrogens with one attached hydrogen (secondary N) is 1. The maximum Gasteiger partial charge on any atom is 0.492 e. The molecule has 0 aromatic heterocycles. The first kappa shape index (κ1) is 27.6. The topological polar surface area (TPSA) is 56.8 Å². The SMILES string of the molecule is CCSc1cccc(C=C(CNC(=O)OCC2c3ccccc3-c3ccccc32)B2OC(C)(C)C(C)(C)O2)c1.